The van der Waals surface area contributed by atoms with Crippen LogP contribution in [0.15, 0.2) is 0 Å². The first kappa shape index (κ1) is 12.1. The van der Waals surface area contributed by atoms with E-state index in [0.717, 1.165) is 19.3 Å². The van der Waals surface area contributed by atoms with Crippen LogP contribution in [0.5, 0.6) is 0 Å². The Hall–Kier alpha value is 0.353. The Morgan fingerprint density at radius 3 is 2.33 bits per heavy atom. The van der Waals surface area contributed by atoms with E-state index in [9.17, 15) is 4.79 Å². The van der Waals surface area contributed by atoms with Gasteiger partial charge in [0.2, 0.25) is 0 Å². The monoisotopic (exact) mass is 206 g/mol. The summed E-state index contributed by atoms with van der Waals surface area (Å²) in [7, 11) is 0. The molecule has 52 valence electrons. The zero-order chi connectivity index (χ0) is 6.41. The Balaban J connectivity index is 0. The molecule has 0 aromatic rings. The van der Waals surface area contributed by atoms with Crippen molar-refractivity contribution in [3.05, 3.63) is 0 Å². The molecule has 0 aromatic heterocycles. The molecule has 0 radical (unpaired) electrons. The zero-order valence-corrected chi connectivity index (χ0v) is 8.14. The number of rotatable bonds is 4. The molecule has 0 aliphatic rings. The number of carboxylic acids is 1. The van der Waals surface area contributed by atoms with Gasteiger partial charge in [-0.3, -0.25) is 4.79 Å². The molecule has 0 unspecified atom stereocenters. The number of carboxylic acid groups (broad SMARTS) is 1. The Bertz CT molecular complexity index is 73.5. The molecule has 0 saturated carbocycles. The molecule has 0 fully saturated rings. The second-order valence-corrected chi connectivity index (χ2v) is 1.85. The maximum absolute atomic E-state index is 9.87. The summed E-state index contributed by atoms with van der Waals surface area (Å²) in [6.45, 7) is 2.06. The van der Waals surface area contributed by atoms with Crippen molar-refractivity contribution in [2.45, 2.75) is 32.6 Å². The van der Waals surface area contributed by atoms with E-state index in [1.807, 2.05) is 0 Å². The van der Waals surface area contributed by atoms with Crippen LogP contribution >= 0.6 is 0 Å². The first-order valence-corrected chi connectivity index (χ1v) is 2.99. The summed E-state index contributed by atoms with van der Waals surface area (Å²) in [4.78, 5) is 9.87. The van der Waals surface area contributed by atoms with Crippen molar-refractivity contribution in [2.24, 2.45) is 0 Å². The molecule has 0 aromatic carbocycles. The van der Waals surface area contributed by atoms with Gasteiger partial charge in [0.05, 0.1) is 0 Å². The predicted molar refractivity (Wildman–Crippen MR) is 31.8 cm³/mol. The van der Waals surface area contributed by atoms with Gasteiger partial charge in [0.15, 0.2) is 0 Å². The molecule has 0 amide bonds. The minimum absolute atomic E-state index is 0. The number of aliphatic carboxylic acids is 1. The Morgan fingerprint density at radius 2 is 2.00 bits per heavy atom. The maximum atomic E-state index is 9.87. The van der Waals surface area contributed by atoms with Crippen molar-refractivity contribution in [1.29, 1.82) is 0 Å². The fourth-order valence-electron chi connectivity index (χ4n) is 0.526. The van der Waals surface area contributed by atoms with Gasteiger partial charge in [-0.25, -0.2) is 0 Å². The van der Waals surface area contributed by atoms with Crippen molar-refractivity contribution in [2.75, 3.05) is 0 Å². The summed E-state index contributed by atoms with van der Waals surface area (Å²) in [5.41, 5.74) is 0. The van der Waals surface area contributed by atoms with Crippen LogP contribution in [0, 0.1) is 0 Å². The molecule has 2 nitrogen and oxygen atoms in total. The third-order valence-corrected chi connectivity index (χ3v) is 0.994. The van der Waals surface area contributed by atoms with Crippen molar-refractivity contribution >= 4 is 5.97 Å². The standard InChI is InChI=1S/C6H12O2.Zr/c1-2-3-4-5-6(7)8;/h2-5H2,1H3,(H,7,8);. The summed E-state index contributed by atoms with van der Waals surface area (Å²) in [5.74, 6) is -0.682. The average molecular weight is 207 g/mol. The molecule has 0 spiro atoms. The second-order valence-electron chi connectivity index (χ2n) is 1.85. The van der Waals surface area contributed by atoms with Crippen LogP contribution < -0.4 is 0 Å². The molecule has 0 heterocycles. The Labute approximate surface area is 74.8 Å². The van der Waals surface area contributed by atoms with Gasteiger partial charge < -0.3 is 5.11 Å². The molecule has 0 aliphatic heterocycles. The molecule has 0 saturated heterocycles. The van der Waals surface area contributed by atoms with Crippen molar-refractivity contribution in [1.82, 2.24) is 0 Å². The molecule has 9 heavy (non-hydrogen) atoms. The number of unbranched alkanes of at least 4 members (excludes halogenated alkanes) is 2. The minimum Gasteiger partial charge on any atom is -0.481 e. The predicted octanol–water partition coefficient (Wildman–Crippen LogP) is 1.65. The fraction of sp³-hybridized carbons (Fsp3) is 0.833. The topological polar surface area (TPSA) is 37.3 Å². The summed E-state index contributed by atoms with van der Waals surface area (Å²) in [6.07, 6.45) is 3.28. The summed E-state index contributed by atoms with van der Waals surface area (Å²) in [6, 6.07) is 0. The van der Waals surface area contributed by atoms with E-state index in [4.69, 9.17) is 5.11 Å². The van der Waals surface area contributed by atoms with Crippen molar-refractivity contribution < 1.29 is 36.1 Å². The van der Waals surface area contributed by atoms with Gasteiger partial charge in [-0.15, -0.1) is 0 Å². The largest absolute Gasteiger partial charge is 0.481 e. The molecule has 3 heteroatoms. The zero-order valence-electron chi connectivity index (χ0n) is 5.68. The minimum atomic E-state index is -0.682. The smallest absolute Gasteiger partial charge is 0.303 e. The van der Waals surface area contributed by atoms with Gasteiger partial charge >= 0.3 is 5.97 Å². The van der Waals surface area contributed by atoms with Gasteiger partial charge in [-0.05, 0) is 6.42 Å². The van der Waals surface area contributed by atoms with E-state index in [0.29, 0.717) is 6.42 Å². The van der Waals surface area contributed by atoms with Crippen LogP contribution in [0.1, 0.15) is 32.6 Å². The Kier molecular flexibility index (Phi) is 11.2. The van der Waals surface area contributed by atoms with Gasteiger partial charge in [-0.1, -0.05) is 19.8 Å². The van der Waals surface area contributed by atoms with E-state index in [-0.39, 0.29) is 26.2 Å². The van der Waals surface area contributed by atoms with Crippen LogP contribution in [0.2, 0.25) is 0 Å². The molecule has 1 N–H and O–H groups in total. The quantitative estimate of drug-likeness (QED) is 0.712. The molecular weight excluding hydrogens is 195 g/mol. The van der Waals surface area contributed by atoms with E-state index in [1.165, 1.54) is 0 Å². The van der Waals surface area contributed by atoms with Crippen LogP contribution in [-0.2, 0) is 31.0 Å². The van der Waals surface area contributed by atoms with Crippen LogP contribution in [0.3, 0.4) is 0 Å². The molecule has 0 rings (SSSR count). The first-order chi connectivity index (χ1) is 3.77. The maximum Gasteiger partial charge on any atom is 0.303 e. The number of carbonyl (C=O) groups is 1. The molecular formula is C6H12O2Zr. The number of hydrogen-bond donors (Lipinski definition) is 1. The van der Waals surface area contributed by atoms with E-state index in [1.54, 1.807) is 0 Å². The molecule has 0 atom stereocenters. The Morgan fingerprint density at radius 1 is 1.44 bits per heavy atom. The molecule has 0 bridgehead atoms. The first-order valence-electron chi connectivity index (χ1n) is 2.99. The van der Waals surface area contributed by atoms with Crippen LogP contribution in [-0.4, -0.2) is 11.1 Å². The van der Waals surface area contributed by atoms with Gasteiger partial charge in [-0.2, -0.15) is 0 Å². The second kappa shape index (κ2) is 8.35. The summed E-state index contributed by atoms with van der Waals surface area (Å²) >= 11 is 0. The number of hydrogen-bond acceptors (Lipinski definition) is 1. The van der Waals surface area contributed by atoms with E-state index < -0.39 is 5.97 Å². The van der Waals surface area contributed by atoms with Gasteiger partial charge in [0.25, 0.3) is 0 Å². The van der Waals surface area contributed by atoms with Crippen LogP contribution in [0.25, 0.3) is 0 Å². The van der Waals surface area contributed by atoms with Gasteiger partial charge in [0, 0.05) is 32.6 Å². The average Bonchev–Trinajstić information content (AvgIpc) is 1.66. The van der Waals surface area contributed by atoms with E-state index >= 15 is 0 Å². The third-order valence-electron chi connectivity index (χ3n) is 0.994. The van der Waals surface area contributed by atoms with Crippen molar-refractivity contribution in [3.8, 4) is 0 Å². The van der Waals surface area contributed by atoms with Crippen LogP contribution in [0.4, 0.5) is 0 Å². The third kappa shape index (κ3) is 11.8. The van der Waals surface area contributed by atoms with Gasteiger partial charge in [0.1, 0.15) is 0 Å². The normalized spacial score (nSPS) is 8.11. The summed E-state index contributed by atoms with van der Waals surface area (Å²) in [5, 5.41) is 8.14. The summed E-state index contributed by atoms with van der Waals surface area (Å²) < 4.78 is 0. The molecule has 0 aliphatic carbocycles. The van der Waals surface area contributed by atoms with Crippen molar-refractivity contribution in [3.63, 3.8) is 0 Å². The SMILES string of the molecule is CCCCCC(=O)O.[Zr]. The van der Waals surface area contributed by atoms with E-state index in [2.05, 4.69) is 6.92 Å². The fourth-order valence-corrected chi connectivity index (χ4v) is 0.526.